The number of aryl methyl sites for hydroxylation is 2. The van der Waals surface area contributed by atoms with Crippen LogP contribution >= 0.6 is 15.9 Å². The number of nitrogens with one attached hydrogen (secondary N) is 2. The van der Waals surface area contributed by atoms with Crippen LogP contribution in [0.3, 0.4) is 0 Å². The van der Waals surface area contributed by atoms with E-state index in [4.69, 9.17) is 0 Å². The van der Waals surface area contributed by atoms with Crippen LogP contribution in [0.1, 0.15) is 22.0 Å². The van der Waals surface area contributed by atoms with Crippen molar-refractivity contribution in [2.75, 3.05) is 0 Å². The van der Waals surface area contributed by atoms with Gasteiger partial charge in [0.2, 0.25) is 0 Å². The smallest absolute Gasteiger partial charge is 0.263 e. The van der Waals surface area contributed by atoms with Gasteiger partial charge in [-0.3, -0.25) is 4.79 Å². The first-order chi connectivity index (χ1) is 11.3. The lowest BCUT2D eigenvalue weighted by Crippen LogP contribution is -2.33. The minimum Gasteiger partial charge on any atom is -0.263 e. The van der Waals surface area contributed by atoms with Crippen LogP contribution in [0, 0.1) is 13.8 Å². The molecule has 0 aliphatic carbocycles. The molecule has 2 aromatic heterocycles. The van der Waals surface area contributed by atoms with Crippen LogP contribution in [0.5, 0.6) is 0 Å². The van der Waals surface area contributed by atoms with Gasteiger partial charge < -0.3 is 0 Å². The number of aromatic amines is 1. The lowest BCUT2D eigenvalue weighted by atomic mass is 10.4. The maximum absolute atomic E-state index is 12.3. The molecular formula is C14H13BrN5O3S+. The van der Waals surface area contributed by atoms with Gasteiger partial charge in [0, 0.05) is 10.5 Å². The van der Waals surface area contributed by atoms with Crippen LogP contribution in [0.25, 0.3) is 5.78 Å². The van der Waals surface area contributed by atoms with E-state index in [0.717, 1.165) is 11.4 Å². The second-order valence-corrected chi connectivity index (χ2v) is 7.74. The first kappa shape index (κ1) is 16.5. The summed E-state index contributed by atoms with van der Waals surface area (Å²) in [5.41, 5.74) is 1.53. The molecule has 0 unspecified atom stereocenters. The molecule has 0 atom stereocenters. The second-order valence-electron chi connectivity index (χ2n) is 5.14. The number of carbonyl (C=O) groups excluding carboxylic acids is 1. The zero-order valence-corrected chi connectivity index (χ0v) is 15.1. The van der Waals surface area contributed by atoms with Crippen molar-refractivity contribution < 1.29 is 17.7 Å². The molecule has 0 fully saturated rings. The molecule has 2 N–H and O–H groups in total. The Balaban J connectivity index is 1.94. The molecule has 10 heteroatoms. The lowest BCUT2D eigenvalue weighted by Gasteiger charge is -2.04. The Labute approximate surface area is 146 Å². The van der Waals surface area contributed by atoms with E-state index in [1.807, 2.05) is 17.7 Å². The van der Waals surface area contributed by atoms with Crippen molar-refractivity contribution in [3.8, 4) is 0 Å². The predicted octanol–water partition coefficient (Wildman–Crippen LogP) is 1.04. The van der Waals surface area contributed by atoms with Gasteiger partial charge in [0.15, 0.2) is 0 Å². The van der Waals surface area contributed by atoms with E-state index in [1.165, 1.54) is 16.6 Å². The van der Waals surface area contributed by atoms with E-state index >= 15 is 0 Å². The molecule has 0 bridgehead atoms. The maximum Gasteiger partial charge on any atom is 0.457 e. The Morgan fingerprint density at radius 2 is 2.00 bits per heavy atom. The maximum atomic E-state index is 12.3. The van der Waals surface area contributed by atoms with Crippen molar-refractivity contribution in [3.63, 3.8) is 0 Å². The molecule has 0 spiro atoms. The molecule has 3 aromatic rings. The second kappa shape index (κ2) is 5.95. The van der Waals surface area contributed by atoms with Crippen LogP contribution in [-0.2, 0) is 10.0 Å². The van der Waals surface area contributed by atoms with E-state index in [0.29, 0.717) is 4.47 Å². The quantitative estimate of drug-likeness (QED) is 0.626. The molecule has 8 nitrogen and oxygen atoms in total. The van der Waals surface area contributed by atoms with Crippen molar-refractivity contribution in [3.05, 3.63) is 52.0 Å². The number of benzene rings is 1. The van der Waals surface area contributed by atoms with Gasteiger partial charge in [-0.15, -0.1) is 4.52 Å². The van der Waals surface area contributed by atoms with Crippen LogP contribution in [0.4, 0.5) is 0 Å². The number of rotatable bonds is 3. The summed E-state index contributed by atoms with van der Waals surface area (Å²) in [7, 11) is -4.01. The van der Waals surface area contributed by atoms with Crippen LogP contribution in [0.15, 0.2) is 39.7 Å². The Hall–Kier alpha value is -2.33. The third-order valence-corrected chi connectivity index (χ3v) is 5.05. The highest BCUT2D eigenvalue weighted by atomic mass is 79.9. The van der Waals surface area contributed by atoms with Gasteiger partial charge in [-0.1, -0.05) is 27.0 Å². The molecule has 0 aliphatic rings. The van der Waals surface area contributed by atoms with Crippen LogP contribution in [-0.4, -0.2) is 29.4 Å². The third-order valence-electron chi connectivity index (χ3n) is 3.22. The summed E-state index contributed by atoms with van der Waals surface area (Å²) in [6, 6.07) is 7.86. The van der Waals surface area contributed by atoms with Gasteiger partial charge in [-0.25, -0.2) is 18.2 Å². The molecule has 2 heterocycles. The van der Waals surface area contributed by atoms with Gasteiger partial charge in [0.25, 0.3) is 10.0 Å². The number of amides is 1. The monoisotopic (exact) mass is 410 g/mol. The van der Waals surface area contributed by atoms with Crippen LogP contribution in [0.2, 0.25) is 0 Å². The Morgan fingerprint density at radius 1 is 1.25 bits per heavy atom. The van der Waals surface area contributed by atoms with E-state index in [2.05, 4.69) is 31.0 Å². The normalized spacial score (nSPS) is 11.6. The fourth-order valence-corrected chi connectivity index (χ4v) is 3.72. The summed E-state index contributed by atoms with van der Waals surface area (Å²) in [5.74, 6) is -0.718. The summed E-state index contributed by atoms with van der Waals surface area (Å²) >= 11 is 3.20. The topological polar surface area (TPSA) is 109 Å². The number of sulfonamides is 1. The van der Waals surface area contributed by atoms with Gasteiger partial charge in [0.05, 0.1) is 4.90 Å². The summed E-state index contributed by atoms with van der Waals surface area (Å²) in [6.45, 7) is 3.62. The molecule has 0 saturated carbocycles. The Morgan fingerprint density at radius 3 is 2.71 bits per heavy atom. The average Bonchev–Trinajstić information content (AvgIpc) is 2.91. The van der Waals surface area contributed by atoms with Crippen molar-refractivity contribution in [1.82, 2.24) is 19.8 Å². The third kappa shape index (κ3) is 3.15. The van der Waals surface area contributed by atoms with Gasteiger partial charge >= 0.3 is 17.5 Å². The average molecular weight is 411 g/mol. The zero-order valence-electron chi connectivity index (χ0n) is 12.7. The van der Waals surface area contributed by atoms with Crippen molar-refractivity contribution in [1.29, 1.82) is 0 Å². The summed E-state index contributed by atoms with van der Waals surface area (Å²) < 4.78 is 28.7. The van der Waals surface area contributed by atoms with E-state index in [-0.39, 0.29) is 16.5 Å². The summed E-state index contributed by atoms with van der Waals surface area (Å²) in [5, 5.41) is 2.73. The standard InChI is InChI=1S/C14H12BrN5O3S/c1-8-6-9(2)20-14(16-8)17-12(18-20)13(21)19-24(22,23)11-5-3-4-10(15)7-11/h3-7H,1-2H3,(H,19,21)/p+1. The number of halogens is 1. The number of fused-ring (bicyclic) bond motifs is 1. The van der Waals surface area contributed by atoms with E-state index in [1.54, 1.807) is 19.1 Å². The van der Waals surface area contributed by atoms with Crippen molar-refractivity contribution >= 4 is 37.6 Å². The minimum atomic E-state index is -4.01. The zero-order chi connectivity index (χ0) is 17.5. The molecule has 0 saturated heterocycles. The highest BCUT2D eigenvalue weighted by Gasteiger charge is 2.26. The number of hydrogen-bond donors (Lipinski definition) is 2. The fraction of sp³-hybridized carbons (Fsp3) is 0.143. The first-order valence-corrected chi connectivity index (χ1v) is 9.12. The Kier molecular flexibility index (Phi) is 4.10. The highest BCUT2D eigenvalue weighted by Crippen LogP contribution is 2.16. The van der Waals surface area contributed by atoms with Gasteiger partial charge in [0.1, 0.15) is 11.4 Å². The van der Waals surface area contributed by atoms with Crippen molar-refractivity contribution in [2.45, 2.75) is 18.7 Å². The molecule has 1 amide bonds. The molecular weight excluding hydrogens is 398 g/mol. The summed E-state index contributed by atoms with van der Waals surface area (Å²) in [4.78, 5) is 20.4. The fourth-order valence-electron chi connectivity index (χ4n) is 2.17. The first-order valence-electron chi connectivity index (χ1n) is 6.85. The molecule has 0 radical (unpaired) electrons. The number of aromatic nitrogens is 4. The number of H-pyrrole nitrogens is 1. The SMILES string of the molecule is Cc1cc(C)[n+]2[nH]c(C(=O)NS(=O)(=O)c3cccc(Br)c3)nc2n1. The largest absolute Gasteiger partial charge is 0.457 e. The highest BCUT2D eigenvalue weighted by molar-refractivity contribution is 9.10. The van der Waals surface area contributed by atoms with Gasteiger partial charge in [-0.05, 0) is 37.0 Å². The number of nitrogens with zero attached hydrogens (tertiary/aromatic N) is 3. The minimum absolute atomic E-state index is 0.0286. The molecule has 0 aliphatic heterocycles. The lowest BCUT2D eigenvalue weighted by molar-refractivity contribution is -0.587. The van der Waals surface area contributed by atoms with E-state index < -0.39 is 15.9 Å². The predicted molar refractivity (Wildman–Crippen MR) is 87.8 cm³/mol. The molecule has 24 heavy (non-hydrogen) atoms. The molecule has 1 aromatic carbocycles. The molecule has 3 rings (SSSR count). The number of carbonyl (C=O) groups is 1. The van der Waals surface area contributed by atoms with E-state index in [9.17, 15) is 13.2 Å². The Bertz CT molecular complexity index is 1060. The number of hydrogen-bond acceptors (Lipinski definition) is 5. The van der Waals surface area contributed by atoms with Crippen molar-refractivity contribution in [2.24, 2.45) is 0 Å². The molecule has 124 valence electrons. The van der Waals surface area contributed by atoms with Crippen LogP contribution < -0.4 is 9.24 Å². The summed E-state index contributed by atoms with van der Waals surface area (Å²) in [6.07, 6.45) is 0. The van der Waals surface area contributed by atoms with Gasteiger partial charge in [-0.2, -0.15) is 0 Å².